The maximum absolute atomic E-state index is 10.7. The minimum absolute atomic E-state index is 0.0384. The molecule has 1 aromatic heterocycles. The van der Waals surface area contributed by atoms with E-state index in [-0.39, 0.29) is 6.61 Å². The van der Waals surface area contributed by atoms with E-state index in [1.807, 2.05) is 19.0 Å². The first-order chi connectivity index (χ1) is 12.5. The molecule has 2 aliphatic heterocycles. The van der Waals surface area contributed by atoms with Gasteiger partial charge < -0.3 is 30.1 Å². The van der Waals surface area contributed by atoms with Crippen molar-refractivity contribution in [1.29, 1.82) is 0 Å². The fourth-order valence-corrected chi connectivity index (χ4v) is 3.74. The molecule has 3 heterocycles. The predicted molar refractivity (Wildman–Crippen MR) is 101 cm³/mol. The molecule has 0 spiro atoms. The summed E-state index contributed by atoms with van der Waals surface area (Å²) in [5.41, 5.74) is 0.356. The summed E-state index contributed by atoms with van der Waals surface area (Å²) in [5.74, 6) is 1.73. The Labute approximate surface area is 155 Å². The van der Waals surface area contributed by atoms with E-state index >= 15 is 0 Å². The van der Waals surface area contributed by atoms with Crippen LogP contribution in [-0.4, -0.2) is 90.8 Å². The second-order valence-electron chi connectivity index (χ2n) is 7.63. The maximum Gasteiger partial charge on any atom is 0.224 e. The summed E-state index contributed by atoms with van der Waals surface area (Å²) in [4.78, 5) is 13.5. The molecule has 8 heteroatoms. The average Bonchev–Trinajstić information content (AvgIpc) is 3.14. The number of aromatic nitrogens is 2. The number of rotatable bonds is 7. The minimum Gasteiger partial charge on any atom is -0.395 e. The van der Waals surface area contributed by atoms with Gasteiger partial charge in [0.1, 0.15) is 5.82 Å². The Morgan fingerprint density at radius 1 is 1.35 bits per heavy atom. The normalized spacial score (nSPS) is 22.8. The number of ether oxygens (including phenoxy) is 1. The molecule has 0 unspecified atom stereocenters. The Bertz CT molecular complexity index is 584. The van der Waals surface area contributed by atoms with Gasteiger partial charge in [-0.2, -0.15) is 4.98 Å². The van der Waals surface area contributed by atoms with E-state index in [0.29, 0.717) is 31.6 Å². The van der Waals surface area contributed by atoms with E-state index in [2.05, 4.69) is 26.3 Å². The summed E-state index contributed by atoms with van der Waals surface area (Å²) in [6.45, 7) is 4.13. The van der Waals surface area contributed by atoms with Crippen molar-refractivity contribution in [3.63, 3.8) is 0 Å². The molecule has 146 valence electrons. The van der Waals surface area contributed by atoms with Gasteiger partial charge in [-0.3, -0.25) is 0 Å². The van der Waals surface area contributed by atoms with Crippen molar-refractivity contribution in [2.75, 3.05) is 70.3 Å². The molecule has 26 heavy (non-hydrogen) atoms. The molecule has 8 nitrogen and oxygen atoms in total. The molecule has 2 saturated heterocycles. The van der Waals surface area contributed by atoms with Crippen molar-refractivity contribution in [1.82, 2.24) is 14.9 Å². The zero-order valence-corrected chi connectivity index (χ0v) is 15.8. The van der Waals surface area contributed by atoms with Crippen LogP contribution in [0.2, 0.25) is 0 Å². The monoisotopic (exact) mass is 365 g/mol. The average molecular weight is 365 g/mol. The van der Waals surface area contributed by atoms with E-state index in [0.717, 1.165) is 50.5 Å². The first kappa shape index (κ1) is 19.3. The van der Waals surface area contributed by atoms with Crippen molar-refractivity contribution >= 4 is 11.8 Å². The van der Waals surface area contributed by atoms with Crippen molar-refractivity contribution in [3.8, 4) is 0 Å². The van der Waals surface area contributed by atoms with E-state index in [9.17, 15) is 5.11 Å². The molecule has 2 aliphatic rings. The first-order valence-corrected chi connectivity index (χ1v) is 9.43. The van der Waals surface area contributed by atoms with Crippen LogP contribution in [0.5, 0.6) is 0 Å². The molecule has 1 atom stereocenters. The summed E-state index contributed by atoms with van der Waals surface area (Å²) in [7, 11) is 3.98. The Morgan fingerprint density at radius 3 is 2.73 bits per heavy atom. The number of aliphatic hydroxyl groups is 2. The quantitative estimate of drug-likeness (QED) is 0.634. The number of hydrogen-bond donors (Lipinski definition) is 3. The van der Waals surface area contributed by atoms with Crippen LogP contribution in [0.4, 0.5) is 11.8 Å². The largest absolute Gasteiger partial charge is 0.395 e. The van der Waals surface area contributed by atoms with Crippen LogP contribution in [0.15, 0.2) is 6.07 Å². The SMILES string of the molecule is CN(C)CC1(O)CCN(c2cc([C@@H]3CCOC3)nc(NCCO)n2)CC1. The highest BCUT2D eigenvalue weighted by Gasteiger charge is 2.33. The van der Waals surface area contributed by atoms with Crippen molar-refractivity contribution < 1.29 is 14.9 Å². The van der Waals surface area contributed by atoms with Gasteiger partial charge in [-0.25, -0.2) is 4.98 Å². The molecular weight excluding hydrogens is 334 g/mol. The number of anilines is 2. The molecule has 0 aromatic carbocycles. The molecule has 0 saturated carbocycles. The van der Waals surface area contributed by atoms with E-state index in [1.165, 1.54) is 0 Å². The fourth-order valence-electron chi connectivity index (χ4n) is 3.74. The second kappa shape index (κ2) is 8.47. The standard InChI is InChI=1S/C18H31N5O3/c1-22(2)13-18(25)4-7-23(8-5-18)16-11-15(14-3-10-26-12-14)20-17(21-16)19-6-9-24/h11,14,24-25H,3-10,12-13H2,1-2H3,(H,19,20,21)/t14-/m1/s1. The lowest BCUT2D eigenvalue weighted by Crippen LogP contribution is -2.50. The zero-order valence-electron chi connectivity index (χ0n) is 15.8. The van der Waals surface area contributed by atoms with E-state index < -0.39 is 5.60 Å². The van der Waals surface area contributed by atoms with Gasteiger partial charge >= 0.3 is 0 Å². The van der Waals surface area contributed by atoms with Gasteiger partial charge in [0.25, 0.3) is 0 Å². The smallest absolute Gasteiger partial charge is 0.224 e. The summed E-state index contributed by atoms with van der Waals surface area (Å²) >= 11 is 0. The van der Waals surface area contributed by atoms with Gasteiger partial charge in [0.15, 0.2) is 0 Å². The highest BCUT2D eigenvalue weighted by atomic mass is 16.5. The molecule has 3 rings (SSSR count). The van der Waals surface area contributed by atoms with Crippen molar-refractivity contribution in [2.45, 2.75) is 30.8 Å². The molecule has 0 radical (unpaired) electrons. The third kappa shape index (κ3) is 4.82. The van der Waals surface area contributed by atoms with Gasteiger partial charge in [0.2, 0.25) is 5.95 Å². The Balaban J connectivity index is 1.75. The minimum atomic E-state index is -0.632. The van der Waals surface area contributed by atoms with Gasteiger partial charge in [-0.05, 0) is 33.4 Å². The molecule has 2 fully saturated rings. The van der Waals surface area contributed by atoms with Crippen LogP contribution >= 0.6 is 0 Å². The van der Waals surface area contributed by atoms with Crippen LogP contribution in [0.3, 0.4) is 0 Å². The van der Waals surface area contributed by atoms with Crippen LogP contribution in [-0.2, 0) is 4.74 Å². The number of nitrogens with zero attached hydrogens (tertiary/aromatic N) is 4. The topological polar surface area (TPSA) is 94.0 Å². The number of nitrogens with one attached hydrogen (secondary N) is 1. The van der Waals surface area contributed by atoms with E-state index in [4.69, 9.17) is 9.84 Å². The van der Waals surface area contributed by atoms with E-state index in [1.54, 1.807) is 0 Å². The molecule has 3 N–H and O–H groups in total. The zero-order chi connectivity index (χ0) is 18.6. The summed E-state index contributed by atoms with van der Waals surface area (Å²) in [6, 6.07) is 2.06. The van der Waals surface area contributed by atoms with Crippen LogP contribution in [0.25, 0.3) is 0 Å². The van der Waals surface area contributed by atoms with Gasteiger partial charge in [0, 0.05) is 44.8 Å². The fraction of sp³-hybridized carbons (Fsp3) is 0.778. The summed E-state index contributed by atoms with van der Waals surface area (Å²) in [6.07, 6.45) is 2.41. The lowest BCUT2D eigenvalue weighted by atomic mass is 9.91. The van der Waals surface area contributed by atoms with Gasteiger partial charge in [-0.1, -0.05) is 0 Å². The number of aliphatic hydroxyl groups excluding tert-OH is 1. The van der Waals surface area contributed by atoms with Crippen molar-refractivity contribution in [2.24, 2.45) is 0 Å². The number of piperidine rings is 1. The third-order valence-corrected chi connectivity index (χ3v) is 5.10. The van der Waals surface area contributed by atoms with Gasteiger partial charge in [0.05, 0.1) is 24.5 Å². The molecule has 0 aliphatic carbocycles. The first-order valence-electron chi connectivity index (χ1n) is 9.43. The Hall–Kier alpha value is -1.48. The molecule has 0 amide bonds. The number of hydrogen-bond acceptors (Lipinski definition) is 8. The Morgan fingerprint density at radius 2 is 2.12 bits per heavy atom. The predicted octanol–water partition coefficient (Wildman–Crippen LogP) is 0.278. The highest BCUT2D eigenvalue weighted by Crippen LogP contribution is 2.30. The molecule has 1 aromatic rings. The van der Waals surface area contributed by atoms with Gasteiger partial charge in [-0.15, -0.1) is 0 Å². The third-order valence-electron chi connectivity index (χ3n) is 5.10. The maximum atomic E-state index is 10.7. The molecular formula is C18H31N5O3. The van der Waals surface area contributed by atoms with Crippen LogP contribution in [0, 0.1) is 0 Å². The highest BCUT2D eigenvalue weighted by molar-refractivity contribution is 5.46. The number of likely N-dealkylation sites (N-methyl/N-ethyl adjacent to an activating group) is 1. The summed E-state index contributed by atoms with van der Waals surface area (Å²) in [5, 5.41) is 22.9. The lowest BCUT2D eigenvalue weighted by molar-refractivity contribution is -0.00547. The van der Waals surface area contributed by atoms with Crippen molar-refractivity contribution in [3.05, 3.63) is 11.8 Å². The second-order valence-corrected chi connectivity index (χ2v) is 7.63. The lowest BCUT2D eigenvalue weighted by Gasteiger charge is -2.40. The Kier molecular flexibility index (Phi) is 6.29. The van der Waals surface area contributed by atoms with Crippen LogP contribution < -0.4 is 10.2 Å². The summed E-state index contributed by atoms with van der Waals surface area (Å²) < 4.78 is 5.51. The molecule has 0 bridgehead atoms. The van der Waals surface area contributed by atoms with Crippen LogP contribution in [0.1, 0.15) is 30.9 Å².